The number of benzene rings is 1. The molecule has 8 heteroatoms. The third kappa shape index (κ3) is 4.07. The van der Waals surface area contributed by atoms with Gasteiger partial charge in [-0.25, -0.2) is 12.8 Å². The van der Waals surface area contributed by atoms with Crippen molar-refractivity contribution in [3.63, 3.8) is 0 Å². The van der Waals surface area contributed by atoms with E-state index in [4.69, 9.17) is 0 Å². The second kappa shape index (κ2) is 8.02. The molecule has 0 bridgehead atoms. The van der Waals surface area contributed by atoms with Gasteiger partial charge in [0.25, 0.3) is 0 Å². The van der Waals surface area contributed by atoms with Crippen LogP contribution in [0.2, 0.25) is 0 Å². The van der Waals surface area contributed by atoms with E-state index in [1.165, 1.54) is 22.5 Å². The number of nitrogens with zero attached hydrogens (tertiary/aromatic N) is 1. The van der Waals surface area contributed by atoms with Gasteiger partial charge in [-0.15, -0.1) is 0 Å². The summed E-state index contributed by atoms with van der Waals surface area (Å²) in [4.78, 5) is 12.2. The van der Waals surface area contributed by atoms with Crippen LogP contribution in [0.15, 0.2) is 29.2 Å². The van der Waals surface area contributed by atoms with Crippen LogP contribution in [0.4, 0.5) is 4.39 Å². The van der Waals surface area contributed by atoms with Gasteiger partial charge in [-0.05, 0) is 43.9 Å². The van der Waals surface area contributed by atoms with E-state index in [1.807, 2.05) is 0 Å². The lowest BCUT2D eigenvalue weighted by atomic mass is 9.92. The van der Waals surface area contributed by atoms with E-state index in [0.717, 1.165) is 25.6 Å². The fraction of sp³-hybridized carbons (Fsp3) is 0.611. The topological polar surface area (TPSA) is 78.5 Å². The molecule has 0 aliphatic carbocycles. The van der Waals surface area contributed by atoms with E-state index in [2.05, 4.69) is 17.6 Å². The largest absolute Gasteiger partial charge is 0.352 e. The van der Waals surface area contributed by atoms with Crippen LogP contribution in [-0.2, 0) is 14.8 Å². The molecule has 1 aromatic rings. The minimum atomic E-state index is -3.86. The molecule has 2 heterocycles. The highest BCUT2D eigenvalue weighted by molar-refractivity contribution is 7.89. The third-order valence-corrected chi connectivity index (χ3v) is 7.37. The summed E-state index contributed by atoms with van der Waals surface area (Å²) < 4.78 is 40.4. The molecule has 3 rings (SSSR count). The molecule has 26 heavy (non-hydrogen) atoms. The van der Waals surface area contributed by atoms with Crippen molar-refractivity contribution in [3.05, 3.63) is 30.1 Å². The SMILES string of the molecule is CC1CCNCC1NC(=O)C1CCN(S(=O)(=O)c2ccccc2F)CC1. The molecule has 2 fully saturated rings. The fourth-order valence-electron chi connectivity index (χ4n) is 3.63. The first-order chi connectivity index (χ1) is 12.4. The molecule has 2 aliphatic rings. The first-order valence-corrected chi connectivity index (χ1v) is 10.6. The number of nitrogens with one attached hydrogen (secondary N) is 2. The van der Waals surface area contributed by atoms with Crippen LogP contribution in [0.3, 0.4) is 0 Å². The monoisotopic (exact) mass is 383 g/mol. The lowest BCUT2D eigenvalue weighted by Gasteiger charge is -2.34. The maximum atomic E-state index is 13.9. The van der Waals surface area contributed by atoms with E-state index in [9.17, 15) is 17.6 Å². The summed E-state index contributed by atoms with van der Waals surface area (Å²) in [5.74, 6) is -0.516. The summed E-state index contributed by atoms with van der Waals surface area (Å²) >= 11 is 0. The van der Waals surface area contributed by atoms with Crippen LogP contribution in [-0.4, -0.2) is 50.9 Å². The Morgan fingerprint density at radius 2 is 1.92 bits per heavy atom. The van der Waals surface area contributed by atoms with Gasteiger partial charge in [0.15, 0.2) is 0 Å². The van der Waals surface area contributed by atoms with E-state index < -0.39 is 15.8 Å². The van der Waals surface area contributed by atoms with Crippen LogP contribution in [0.5, 0.6) is 0 Å². The number of hydrogen-bond acceptors (Lipinski definition) is 4. The molecule has 2 N–H and O–H groups in total. The lowest BCUT2D eigenvalue weighted by molar-refractivity contribution is -0.127. The van der Waals surface area contributed by atoms with E-state index in [-0.39, 0.29) is 35.9 Å². The van der Waals surface area contributed by atoms with Crippen molar-refractivity contribution in [3.8, 4) is 0 Å². The minimum absolute atomic E-state index is 0.00603. The molecule has 2 saturated heterocycles. The first kappa shape index (κ1) is 19.3. The molecule has 6 nitrogen and oxygen atoms in total. The molecular weight excluding hydrogens is 357 g/mol. The van der Waals surface area contributed by atoms with E-state index in [0.29, 0.717) is 18.8 Å². The average molecular weight is 383 g/mol. The second-order valence-electron chi connectivity index (χ2n) is 7.19. The molecule has 2 unspecified atom stereocenters. The summed E-state index contributed by atoms with van der Waals surface area (Å²) in [6.45, 7) is 4.34. The molecule has 144 valence electrons. The number of carbonyl (C=O) groups is 1. The van der Waals surface area contributed by atoms with Crippen LogP contribution in [0.25, 0.3) is 0 Å². The number of carbonyl (C=O) groups excluding carboxylic acids is 1. The summed E-state index contributed by atoms with van der Waals surface area (Å²) in [6, 6.07) is 5.52. The predicted molar refractivity (Wildman–Crippen MR) is 96.5 cm³/mol. The summed E-state index contributed by atoms with van der Waals surface area (Å²) in [7, 11) is -3.86. The second-order valence-corrected chi connectivity index (χ2v) is 9.10. The van der Waals surface area contributed by atoms with E-state index >= 15 is 0 Å². The van der Waals surface area contributed by atoms with Gasteiger partial charge in [0, 0.05) is 31.6 Å². The molecule has 0 spiro atoms. The smallest absolute Gasteiger partial charge is 0.245 e. The van der Waals surface area contributed by atoms with Gasteiger partial charge in [0.05, 0.1) is 0 Å². The highest BCUT2D eigenvalue weighted by Crippen LogP contribution is 2.25. The maximum Gasteiger partial charge on any atom is 0.245 e. The molecule has 0 radical (unpaired) electrons. The summed E-state index contributed by atoms with van der Waals surface area (Å²) in [5.41, 5.74) is 0. The Balaban J connectivity index is 1.58. The van der Waals surface area contributed by atoms with Crippen molar-refractivity contribution >= 4 is 15.9 Å². The molecule has 2 aliphatic heterocycles. The standard InChI is InChI=1S/C18H26FN3O3S/c1-13-6-9-20-12-16(13)21-18(23)14-7-10-22(11-8-14)26(24,25)17-5-3-2-4-15(17)19/h2-5,13-14,16,20H,6-12H2,1H3,(H,21,23). The van der Waals surface area contributed by atoms with Gasteiger partial charge in [-0.2, -0.15) is 4.31 Å². The Morgan fingerprint density at radius 3 is 2.58 bits per heavy atom. The fourth-order valence-corrected chi connectivity index (χ4v) is 5.17. The van der Waals surface area contributed by atoms with Gasteiger partial charge in [0.1, 0.15) is 10.7 Å². The van der Waals surface area contributed by atoms with Gasteiger partial charge in [-0.1, -0.05) is 19.1 Å². The molecular formula is C18H26FN3O3S. The van der Waals surface area contributed by atoms with Crippen LogP contribution in [0, 0.1) is 17.7 Å². The Bertz CT molecular complexity index is 748. The van der Waals surface area contributed by atoms with Crippen molar-refractivity contribution in [2.75, 3.05) is 26.2 Å². The van der Waals surface area contributed by atoms with Crippen LogP contribution in [0.1, 0.15) is 26.2 Å². The normalized spacial score (nSPS) is 25.8. The highest BCUT2D eigenvalue weighted by Gasteiger charge is 2.34. The van der Waals surface area contributed by atoms with Gasteiger partial charge < -0.3 is 10.6 Å². The molecule has 0 saturated carbocycles. The quantitative estimate of drug-likeness (QED) is 0.823. The van der Waals surface area contributed by atoms with Gasteiger partial charge in [0.2, 0.25) is 15.9 Å². The van der Waals surface area contributed by atoms with Crippen molar-refractivity contribution < 1.29 is 17.6 Å². The molecule has 2 atom stereocenters. The lowest BCUT2D eigenvalue weighted by Crippen LogP contribution is -2.52. The third-order valence-electron chi connectivity index (χ3n) is 5.43. The zero-order chi connectivity index (χ0) is 18.7. The number of hydrogen-bond donors (Lipinski definition) is 2. The van der Waals surface area contributed by atoms with Crippen molar-refractivity contribution in [2.45, 2.75) is 37.1 Å². The number of amides is 1. The van der Waals surface area contributed by atoms with Crippen molar-refractivity contribution in [1.82, 2.24) is 14.9 Å². The Kier molecular flexibility index (Phi) is 5.94. The Morgan fingerprint density at radius 1 is 1.23 bits per heavy atom. The zero-order valence-corrected chi connectivity index (χ0v) is 15.8. The maximum absolute atomic E-state index is 13.9. The molecule has 0 aromatic heterocycles. The summed E-state index contributed by atoms with van der Waals surface area (Å²) in [5, 5.41) is 6.39. The van der Waals surface area contributed by atoms with Crippen LogP contribution >= 0.6 is 0 Å². The Hall–Kier alpha value is -1.51. The highest BCUT2D eigenvalue weighted by atomic mass is 32.2. The van der Waals surface area contributed by atoms with Gasteiger partial charge in [-0.3, -0.25) is 4.79 Å². The summed E-state index contributed by atoms with van der Waals surface area (Å²) in [6.07, 6.45) is 1.94. The predicted octanol–water partition coefficient (Wildman–Crippen LogP) is 1.34. The molecule has 1 aromatic carbocycles. The number of rotatable bonds is 4. The average Bonchev–Trinajstić information content (AvgIpc) is 2.64. The Labute approximate surface area is 154 Å². The first-order valence-electron chi connectivity index (χ1n) is 9.15. The molecule has 1 amide bonds. The number of halogens is 1. The van der Waals surface area contributed by atoms with Crippen LogP contribution < -0.4 is 10.6 Å². The zero-order valence-electron chi connectivity index (χ0n) is 14.9. The van der Waals surface area contributed by atoms with E-state index in [1.54, 1.807) is 0 Å². The number of sulfonamides is 1. The van der Waals surface area contributed by atoms with Gasteiger partial charge >= 0.3 is 0 Å². The number of piperidine rings is 2. The minimum Gasteiger partial charge on any atom is -0.352 e. The van der Waals surface area contributed by atoms with Crippen molar-refractivity contribution in [1.29, 1.82) is 0 Å². The van der Waals surface area contributed by atoms with Crippen molar-refractivity contribution in [2.24, 2.45) is 11.8 Å².